The SMILES string of the molecule is CC(C)Cn1c(=O)c2c(ncn2Cc2cccc([N+](=O)[O-])c2)n(-c2ccc(F)cc2F)c1=O. The van der Waals surface area contributed by atoms with Crippen LogP contribution in [0.1, 0.15) is 19.4 Å². The highest BCUT2D eigenvalue weighted by Crippen LogP contribution is 2.19. The van der Waals surface area contributed by atoms with Crippen molar-refractivity contribution in [3.8, 4) is 5.69 Å². The second-order valence-electron chi connectivity index (χ2n) is 8.00. The first-order chi connectivity index (χ1) is 15.7. The second-order valence-corrected chi connectivity index (χ2v) is 8.00. The van der Waals surface area contributed by atoms with Crippen molar-refractivity contribution < 1.29 is 13.7 Å². The van der Waals surface area contributed by atoms with E-state index in [1.807, 2.05) is 13.8 Å². The Bertz CT molecular complexity index is 1500. The first-order valence-electron chi connectivity index (χ1n) is 10.1. The molecule has 0 amide bonds. The number of halogens is 2. The van der Waals surface area contributed by atoms with E-state index in [1.165, 1.54) is 29.1 Å². The van der Waals surface area contributed by atoms with Gasteiger partial charge in [0.05, 0.1) is 16.9 Å². The summed E-state index contributed by atoms with van der Waals surface area (Å²) in [7, 11) is 0. The summed E-state index contributed by atoms with van der Waals surface area (Å²) in [5, 5.41) is 11.1. The Labute approximate surface area is 185 Å². The molecular formula is C22H19F2N5O4. The molecule has 0 aliphatic carbocycles. The number of imidazole rings is 1. The van der Waals surface area contributed by atoms with Gasteiger partial charge in [0, 0.05) is 31.3 Å². The summed E-state index contributed by atoms with van der Waals surface area (Å²) in [5.41, 5.74) is -1.32. The highest BCUT2D eigenvalue weighted by atomic mass is 19.1. The highest BCUT2D eigenvalue weighted by Gasteiger charge is 2.22. The van der Waals surface area contributed by atoms with Gasteiger partial charge in [-0.2, -0.15) is 0 Å². The van der Waals surface area contributed by atoms with Gasteiger partial charge >= 0.3 is 5.69 Å². The third kappa shape index (κ3) is 4.04. The van der Waals surface area contributed by atoms with Crippen LogP contribution in [0, 0.1) is 27.7 Å². The van der Waals surface area contributed by atoms with Crippen LogP contribution in [-0.4, -0.2) is 23.6 Å². The van der Waals surface area contributed by atoms with Gasteiger partial charge in [-0.05, 0) is 23.6 Å². The van der Waals surface area contributed by atoms with E-state index in [-0.39, 0.29) is 41.5 Å². The van der Waals surface area contributed by atoms with Crippen LogP contribution < -0.4 is 11.2 Å². The van der Waals surface area contributed by atoms with Gasteiger partial charge < -0.3 is 4.57 Å². The van der Waals surface area contributed by atoms with Gasteiger partial charge in [0.1, 0.15) is 11.6 Å². The van der Waals surface area contributed by atoms with E-state index < -0.39 is 27.8 Å². The zero-order valence-electron chi connectivity index (χ0n) is 17.7. The Morgan fingerprint density at radius 3 is 2.55 bits per heavy atom. The summed E-state index contributed by atoms with van der Waals surface area (Å²) in [6.07, 6.45) is 1.31. The zero-order chi connectivity index (χ0) is 23.9. The summed E-state index contributed by atoms with van der Waals surface area (Å²) >= 11 is 0. The van der Waals surface area contributed by atoms with E-state index in [2.05, 4.69) is 4.98 Å². The molecule has 9 nitrogen and oxygen atoms in total. The fraction of sp³-hybridized carbons (Fsp3) is 0.227. The molecule has 170 valence electrons. The Hall–Kier alpha value is -4.15. The molecule has 0 bridgehead atoms. The Kier molecular flexibility index (Phi) is 5.62. The molecule has 2 aromatic heterocycles. The molecule has 33 heavy (non-hydrogen) atoms. The van der Waals surface area contributed by atoms with Crippen molar-refractivity contribution in [1.82, 2.24) is 18.7 Å². The third-order valence-electron chi connectivity index (χ3n) is 5.07. The van der Waals surface area contributed by atoms with Gasteiger partial charge in [-0.25, -0.2) is 23.1 Å². The third-order valence-corrected chi connectivity index (χ3v) is 5.07. The van der Waals surface area contributed by atoms with Crippen LogP contribution in [0.3, 0.4) is 0 Å². The number of fused-ring (bicyclic) bond motifs is 1. The molecule has 0 atom stereocenters. The van der Waals surface area contributed by atoms with Crippen molar-refractivity contribution >= 4 is 16.9 Å². The lowest BCUT2D eigenvalue weighted by atomic mass is 10.2. The normalized spacial score (nSPS) is 11.4. The van der Waals surface area contributed by atoms with Crippen molar-refractivity contribution in [2.45, 2.75) is 26.9 Å². The molecule has 0 N–H and O–H groups in total. The smallest absolute Gasteiger partial charge is 0.320 e. The molecule has 2 heterocycles. The summed E-state index contributed by atoms with van der Waals surface area (Å²) < 4.78 is 31.5. The molecular weight excluding hydrogens is 436 g/mol. The number of nitrogens with zero attached hydrogens (tertiary/aromatic N) is 5. The van der Waals surface area contributed by atoms with Crippen molar-refractivity contribution in [3.63, 3.8) is 0 Å². The van der Waals surface area contributed by atoms with Crippen molar-refractivity contribution in [3.05, 3.63) is 96.9 Å². The molecule has 0 radical (unpaired) electrons. The number of hydrogen-bond donors (Lipinski definition) is 0. The number of nitro groups is 1. The van der Waals surface area contributed by atoms with Gasteiger partial charge in [0.25, 0.3) is 11.2 Å². The van der Waals surface area contributed by atoms with Crippen LogP contribution in [0.2, 0.25) is 0 Å². The largest absolute Gasteiger partial charge is 0.337 e. The summed E-state index contributed by atoms with van der Waals surface area (Å²) in [6, 6.07) is 8.65. The number of nitro benzene ring substituents is 1. The van der Waals surface area contributed by atoms with E-state index in [4.69, 9.17) is 0 Å². The van der Waals surface area contributed by atoms with E-state index in [0.717, 1.165) is 21.3 Å². The molecule has 2 aromatic carbocycles. The zero-order valence-corrected chi connectivity index (χ0v) is 17.7. The van der Waals surface area contributed by atoms with Crippen LogP contribution >= 0.6 is 0 Å². The average Bonchev–Trinajstić information content (AvgIpc) is 3.16. The standard InChI is InChI=1S/C22H19F2N5O4/c1-13(2)10-27-21(30)19-20(28(22(27)31)18-7-6-15(23)9-17(18)24)25-12-26(19)11-14-4-3-5-16(8-14)29(32)33/h3-9,12-13H,10-11H2,1-2H3. The lowest BCUT2D eigenvalue weighted by Gasteiger charge is -2.14. The molecule has 4 rings (SSSR count). The van der Waals surface area contributed by atoms with E-state index in [9.17, 15) is 28.5 Å². The minimum absolute atomic E-state index is 0.0190. The van der Waals surface area contributed by atoms with Crippen LogP contribution in [0.25, 0.3) is 16.9 Å². The summed E-state index contributed by atoms with van der Waals surface area (Å²) in [4.78, 5) is 41.2. The van der Waals surface area contributed by atoms with Crippen LogP contribution in [0.4, 0.5) is 14.5 Å². The minimum Gasteiger partial charge on any atom is -0.320 e. The summed E-state index contributed by atoms with van der Waals surface area (Å²) in [6.45, 7) is 3.76. The van der Waals surface area contributed by atoms with Crippen molar-refractivity contribution in [2.24, 2.45) is 5.92 Å². The molecule has 0 unspecified atom stereocenters. The van der Waals surface area contributed by atoms with Gasteiger partial charge in [0.15, 0.2) is 11.2 Å². The Balaban J connectivity index is 1.99. The van der Waals surface area contributed by atoms with Crippen molar-refractivity contribution in [2.75, 3.05) is 0 Å². The molecule has 0 saturated carbocycles. The monoisotopic (exact) mass is 455 g/mol. The van der Waals surface area contributed by atoms with Crippen molar-refractivity contribution in [1.29, 1.82) is 0 Å². The maximum absolute atomic E-state index is 14.6. The number of non-ortho nitro benzene ring substituents is 1. The number of rotatable bonds is 6. The van der Waals surface area contributed by atoms with Crippen LogP contribution in [0.5, 0.6) is 0 Å². The predicted octanol–water partition coefficient (Wildman–Crippen LogP) is 3.24. The van der Waals surface area contributed by atoms with Gasteiger partial charge in [0.2, 0.25) is 0 Å². The van der Waals surface area contributed by atoms with Gasteiger partial charge in [-0.3, -0.25) is 19.5 Å². The number of benzene rings is 2. The maximum Gasteiger partial charge on any atom is 0.337 e. The second kappa shape index (κ2) is 8.41. The fourth-order valence-corrected chi connectivity index (χ4v) is 3.67. The predicted molar refractivity (Wildman–Crippen MR) is 117 cm³/mol. The minimum atomic E-state index is -0.985. The lowest BCUT2D eigenvalue weighted by molar-refractivity contribution is -0.384. The average molecular weight is 455 g/mol. The first-order valence-corrected chi connectivity index (χ1v) is 10.1. The molecule has 0 aliphatic heterocycles. The highest BCUT2D eigenvalue weighted by molar-refractivity contribution is 5.72. The van der Waals surface area contributed by atoms with E-state index >= 15 is 0 Å². The van der Waals surface area contributed by atoms with E-state index in [0.29, 0.717) is 11.6 Å². The van der Waals surface area contributed by atoms with Crippen LogP contribution in [-0.2, 0) is 13.1 Å². The first kappa shape index (κ1) is 22.1. The molecule has 0 spiro atoms. The number of aromatic nitrogens is 4. The lowest BCUT2D eigenvalue weighted by Crippen LogP contribution is -2.41. The van der Waals surface area contributed by atoms with Gasteiger partial charge in [-0.1, -0.05) is 26.0 Å². The maximum atomic E-state index is 14.6. The van der Waals surface area contributed by atoms with Gasteiger partial charge in [-0.15, -0.1) is 0 Å². The number of hydrogen-bond acceptors (Lipinski definition) is 5. The van der Waals surface area contributed by atoms with E-state index in [1.54, 1.807) is 6.07 Å². The molecule has 11 heteroatoms. The van der Waals surface area contributed by atoms with Crippen LogP contribution in [0.15, 0.2) is 58.4 Å². The Morgan fingerprint density at radius 2 is 1.88 bits per heavy atom. The topological polar surface area (TPSA) is 105 Å². The quantitative estimate of drug-likeness (QED) is 0.328. The Morgan fingerprint density at radius 1 is 1.12 bits per heavy atom. The summed E-state index contributed by atoms with van der Waals surface area (Å²) in [5.74, 6) is -1.87. The fourth-order valence-electron chi connectivity index (χ4n) is 3.67. The molecule has 0 saturated heterocycles. The molecule has 0 fully saturated rings. The molecule has 4 aromatic rings. The molecule has 0 aliphatic rings.